The Labute approximate surface area is 160 Å². The number of thioether (sulfide) groups is 1. The molecule has 2 fully saturated rings. The minimum Gasteiger partial charge on any atom is -0.481 e. The van der Waals surface area contributed by atoms with Crippen molar-refractivity contribution in [3.8, 4) is 0 Å². The Kier molecular flexibility index (Phi) is 5.99. The molecule has 0 bridgehead atoms. The van der Waals surface area contributed by atoms with E-state index in [1.807, 2.05) is 31.2 Å². The van der Waals surface area contributed by atoms with Gasteiger partial charge in [0.05, 0.1) is 18.2 Å². The predicted octanol–water partition coefficient (Wildman–Crippen LogP) is 3.45. The Morgan fingerprint density at radius 2 is 1.81 bits per heavy atom. The second-order valence-corrected chi connectivity index (χ2v) is 11.0. The van der Waals surface area contributed by atoms with Gasteiger partial charge in [-0.15, -0.1) is 0 Å². The van der Waals surface area contributed by atoms with Crippen molar-refractivity contribution in [2.45, 2.75) is 55.6 Å². The van der Waals surface area contributed by atoms with Crippen LogP contribution in [0.1, 0.15) is 49.3 Å². The van der Waals surface area contributed by atoms with Crippen LogP contribution in [-0.2, 0) is 14.8 Å². The third kappa shape index (κ3) is 4.43. The Morgan fingerprint density at radius 1 is 1.19 bits per heavy atom. The molecule has 5 nitrogen and oxygen atoms in total. The fourth-order valence-electron chi connectivity index (χ4n) is 4.06. The zero-order valence-electron chi connectivity index (χ0n) is 15.3. The van der Waals surface area contributed by atoms with Crippen LogP contribution in [0.4, 0.5) is 0 Å². The van der Waals surface area contributed by atoms with E-state index in [1.165, 1.54) is 23.4 Å². The molecule has 144 valence electrons. The van der Waals surface area contributed by atoms with Gasteiger partial charge in [-0.2, -0.15) is 16.1 Å². The van der Waals surface area contributed by atoms with Gasteiger partial charge in [0.15, 0.2) is 0 Å². The Balaban J connectivity index is 1.91. The first-order chi connectivity index (χ1) is 12.3. The van der Waals surface area contributed by atoms with Crippen LogP contribution in [-0.4, -0.2) is 47.1 Å². The molecule has 0 radical (unpaired) electrons. The molecule has 26 heavy (non-hydrogen) atoms. The number of hydrogen-bond acceptors (Lipinski definition) is 4. The molecule has 1 saturated carbocycles. The third-order valence-corrected chi connectivity index (χ3v) is 8.49. The number of benzene rings is 1. The smallest absolute Gasteiger partial charge is 0.308 e. The molecule has 0 spiro atoms. The molecule has 1 heterocycles. The van der Waals surface area contributed by atoms with Crippen LogP contribution in [0.25, 0.3) is 0 Å². The van der Waals surface area contributed by atoms with Gasteiger partial charge in [-0.25, -0.2) is 8.42 Å². The highest BCUT2D eigenvalue weighted by atomic mass is 32.2. The largest absolute Gasteiger partial charge is 0.481 e. The zero-order chi connectivity index (χ0) is 18.9. The van der Waals surface area contributed by atoms with E-state index in [1.54, 1.807) is 11.8 Å². The number of aliphatic carboxylic acids is 1. The molecule has 1 aromatic rings. The van der Waals surface area contributed by atoms with E-state index in [2.05, 4.69) is 0 Å². The highest BCUT2D eigenvalue weighted by molar-refractivity contribution is 8.00. The molecule has 1 saturated heterocycles. The number of aryl methyl sites for hydroxylation is 1. The summed E-state index contributed by atoms with van der Waals surface area (Å²) in [4.78, 5) is 11.9. The minimum absolute atomic E-state index is 0.0527. The van der Waals surface area contributed by atoms with Gasteiger partial charge in [0.25, 0.3) is 0 Å². The van der Waals surface area contributed by atoms with Crippen molar-refractivity contribution < 1.29 is 18.3 Å². The third-order valence-electron chi connectivity index (χ3n) is 5.50. The summed E-state index contributed by atoms with van der Waals surface area (Å²) in [6.45, 7) is 2.05. The molecule has 1 aliphatic carbocycles. The maximum absolute atomic E-state index is 12.4. The van der Waals surface area contributed by atoms with Gasteiger partial charge in [0, 0.05) is 17.0 Å². The molecule has 1 aromatic carbocycles. The summed E-state index contributed by atoms with van der Waals surface area (Å²) < 4.78 is 26.2. The summed E-state index contributed by atoms with van der Waals surface area (Å²) in [6, 6.07) is 7.61. The van der Waals surface area contributed by atoms with Crippen LogP contribution in [0.3, 0.4) is 0 Å². The van der Waals surface area contributed by atoms with E-state index in [0.717, 1.165) is 24.0 Å². The fraction of sp³-hybridized carbons (Fsp3) is 0.632. The van der Waals surface area contributed by atoms with Crippen LogP contribution in [0.5, 0.6) is 0 Å². The summed E-state index contributed by atoms with van der Waals surface area (Å²) in [7, 11) is -3.49. The molecule has 0 aromatic heterocycles. The number of carboxylic acids is 1. The van der Waals surface area contributed by atoms with Crippen molar-refractivity contribution >= 4 is 27.8 Å². The van der Waals surface area contributed by atoms with Crippen molar-refractivity contribution in [2.24, 2.45) is 5.92 Å². The first-order valence-corrected chi connectivity index (χ1v) is 12.0. The lowest BCUT2D eigenvalue weighted by molar-refractivity contribution is -0.143. The molecular formula is C19H27NO4S2. The highest BCUT2D eigenvalue weighted by Gasteiger charge is 2.44. The maximum atomic E-state index is 12.4. The molecule has 7 heteroatoms. The lowest BCUT2D eigenvalue weighted by Crippen LogP contribution is -2.49. The lowest BCUT2D eigenvalue weighted by Gasteiger charge is -2.42. The average Bonchev–Trinajstić information content (AvgIpc) is 3.07. The number of nitrogens with zero attached hydrogens (tertiary/aromatic N) is 1. The van der Waals surface area contributed by atoms with Crippen molar-refractivity contribution in [1.82, 2.24) is 4.31 Å². The van der Waals surface area contributed by atoms with Crippen LogP contribution < -0.4 is 0 Å². The van der Waals surface area contributed by atoms with Gasteiger partial charge in [-0.1, -0.05) is 42.7 Å². The summed E-state index contributed by atoms with van der Waals surface area (Å²) in [5.74, 6) is -1.55. The van der Waals surface area contributed by atoms with E-state index in [4.69, 9.17) is 0 Å². The standard InChI is InChI=1S/C19H27NO4S2/c1-13-7-9-14(10-8-13)17-11-18(25-15-5-3-4-6-15)16(19(21)22)12-20(17)26(2,23)24/h7-10,15-18H,3-6,11-12H2,1-2H3,(H,21,22)/t16-,17+,18-/m1/s1. The number of piperidine rings is 1. The van der Waals surface area contributed by atoms with Crippen molar-refractivity contribution in [1.29, 1.82) is 0 Å². The molecule has 1 aliphatic heterocycles. The Morgan fingerprint density at radius 3 is 2.35 bits per heavy atom. The van der Waals surface area contributed by atoms with Crippen molar-refractivity contribution in [2.75, 3.05) is 12.8 Å². The summed E-state index contributed by atoms with van der Waals surface area (Å²) in [6.07, 6.45) is 6.42. The molecular weight excluding hydrogens is 370 g/mol. The summed E-state index contributed by atoms with van der Waals surface area (Å²) in [5, 5.41) is 10.2. The van der Waals surface area contributed by atoms with Gasteiger partial charge in [0.2, 0.25) is 10.0 Å². The fourth-order valence-corrected chi connectivity index (χ4v) is 6.94. The monoisotopic (exact) mass is 397 g/mol. The van der Waals surface area contributed by atoms with E-state index < -0.39 is 21.9 Å². The van der Waals surface area contributed by atoms with Gasteiger partial charge in [0.1, 0.15) is 0 Å². The van der Waals surface area contributed by atoms with Crippen LogP contribution in [0, 0.1) is 12.8 Å². The Bertz CT molecular complexity index is 741. The van der Waals surface area contributed by atoms with Crippen LogP contribution in [0.15, 0.2) is 24.3 Å². The first-order valence-electron chi connectivity index (χ1n) is 9.17. The average molecular weight is 398 g/mol. The minimum atomic E-state index is -3.49. The first kappa shape index (κ1) is 19.7. The van der Waals surface area contributed by atoms with E-state index in [9.17, 15) is 18.3 Å². The van der Waals surface area contributed by atoms with Gasteiger partial charge in [-0.3, -0.25) is 4.79 Å². The topological polar surface area (TPSA) is 74.7 Å². The van der Waals surface area contributed by atoms with Gasteiger partial charge < -0.3 is 5.11 Å². The number of carboxylic acid groups (broad SMARTS) is 1. The number of rotatable bonds is 5. The molecule has 3 rings (SSSR count). The number of sulfonamides is 1. The summed E-state index contributed by atoms with van der Waals surface area (Å²) >= 11 is 1.78. The molecule has 2 aliphatic rings. The number of carbonyl (C=O) groups is 1. The van der Waals surface area contributed by atoms with E-state index >= 15 is 0 Å². The zero-order valence-corrected chi connectivity index (χ0v) is 16.9. The quantitative estimate of drug-likeness (QED) is 0.824. The van der Waals surface area contributed by atoms with Crippen molar-refractivity contribution in [3.63, 3.8) is 0 Å². The second-order valence-electron chi connectivity index (χ2n) is 7.52. The molecule has 0 amide bonds. The molecule has 1 N–H and O–H groups in total. The summed E-state index contributed by atoms with van der Waals surface area (Å²) in [5.41, 5.74) is 2.07. The van der Waals surface area contributed by atoms with Gasteiger partial charge in [-0.05, 0) is 31.7 Å². The van der Waals surface area contributed by atoms with E-state index in [0.29, 0.717) is 11.7 Å². The van der Waals surface area contributed by atoms with Crippen LogP contribution >= 0.6 is 11.8 Å². The van der Waals surface area contributed by atoms with Crippen LogP contribution in [0.2, 0.25) is 0 Å². The predicted molar refractivity (Wildman–Crippen MR) is 105 cm³/mol. The van der Waals surface area contributed by atoms with Crippen molar-refractivity contribution in [3.05, 3.63) is 35.4 Å². The highest BCUT2D eigenvalue weighted by Crippen LogP contribution is 2.44. The Hall–Kier alpha value is -1.05. The lowest BCUT2D eigenvalue weighted by atomic mass is 9.90. The van der Waals surface area contributed by atoms with Gasteiger partial charge >= 0.3 is 5.97 Å². The molecule has 3 atom stereocenters. The normalized spacial score (nSPS) is 28.3. The SMILES string of the molecule is Cc1ccc([C@@H]2C[C@@H](SC3CCCC3)[C@H](C(=O)O)CN2S(C)(=O)=O)cc1. The number of hydrogen-bond donors (Lipinski definition) is 1. The molecule has 0 unspecified atom stereocenters. The second kappa shape index (κ2) is 7.90. The van der Waals surface area contributed by atoms with E-state index in [-0.39, 0.29) is 17.8 Å². The maximum Gasteiger partial charge on any atom is 0.308 e.